The summed E-state index contributed by atoms with van der Waals surface area (Å²) in [5, 5.41) is 10.1. The summed E-state index contributed by atoms with van der Waals surface area (Å²) in [6, 6.07) is 3.57. The van der Waals surface area contributed by atoms with E-state index < -0.39 is 6.10 Å². The Morgan fingerprint density at radius 1 is 1.35 bits per heavy atom. The molecule has 1 unspecified atom stereocenters. The van der Waals surface area contributed by atoms with Crippen molar-refractivity contribution >= 4 is 0 Å². The summed E-state index contributed by atoms with van der Waals surface area (Å²) < 4.78 is 10.5. The van der Waals surface area contributed by atoms with Gasteiger partial charge in [0.15, 0.2) is 6.10 Å². The van der Waals surface area contributed by atoms with Gasteiger partial charge in [0.25, 0.3) is 0 Å². The molecule has 2 aromatic heterocycles. The minimum Gasteiger partial charge on any atom is -0.480 e. The Morgan fingerprint density at radius 2 is 2.12 bits per heavy atom. The normalized spacial score (nSPS) is 12.4. The van der Waals surface area contributed by atoms with Crippen LogP contribution in [0.4, 0.5) is 0 Å². The maximum Gasteiger partial charge on any atom is 0.238 e. The van der Waals surface area contributed by atoms with Gasteiger partial charge in [-0.25, -0.2) is 4.98 Å². The Morgan fingerprint density at radius 3 is 2.76 bits per heavy atom. The highest BCUT2D eigenvalue weighted by Gasteiger charge is 2.20. The molecule has 1 N–H and O–H groups in total. The summed E-state index contributed by atoms with van der Waals surface area (Å²) in [6.45, 7) is 1.98. The lowest BCUT2D eigenvalue weighted by Gasteiger charge is -2.10. The second kappa shape index (κ2) is 4.97. The van der Waals surface area contributed by atoms with Crippen LogP contribution >= 0.6 is 0 Å². The molecule has 0 spiro atoms. The van der Waals surface area contributed by atoms with E-state index in [2.05, 4.69) is 9.97 Å². The minimum atomic E-state index is -0.959. The Labute approximate surface area is 99.1 Å². The Hall–Kier alpha value is -1.88. The lowest BCUT2D eigenvalue weighted by molar-refractivity contribution is 0.176. The summed E-state index contributed by atoms with van der Waals surface area (Å²) in [5.41, 5.74) is 0.354. The van der Waals surface area contributed by atoms with Crippen molar-refractivity contribution in [2.45, 2.75) is 19.4 Å². The Balaban J connectivity index is 2.32. The number of furan rings is 1. The molecule has 0 aliphatic rings. The highest BCUT2D eigenvalue weighted by Crippen LogP contribution is 2.27. The van der Waals surface area contributed by atoms with Crippen LogP contribution in [0.1, 0.15) is 30.2 Å². The lowest BCUT2D eigenvalue weighted by atomic mass is 10.2. The van der Waals surface area contributed by atoms with E-state index in [9.17, 15) is 5.11 Å². The van der Waals surface area contributed by atoms with Crippen molar-refractivity contribution in [1.82, 2.24) is 9.97 Å². The van der Waals surface area contributed by atoms with Crippen LogP contribution < -0.4 is 4.74 Å². The van der Waals surface area contributed by atoms with Gasteiger partial charge in [0.1, 0.15) is 17.2 Å². The summed E-state index contributed by atoms with van der Waals surface area (Å²) in [7, 11) is 1.49. The summed E-state index contributed by atoms with van der Waals surface area (Å²) in [4.78, 5) is 8.05. The molecule has 0 fully saturated rings. The van der Waals surface area contributed by atoms with Crippen LogP contribution in [0.15, 0.2) is 28.9 Å². The van der Waals surface area contributed by atoms with Crippen molar-refractivity contribution in [2.24, 2.45) is 0 Å². The summed E-state index contributed by atoms with van der Waals surface area (Å²) in [6.07, 6.45) is 2.84. The predicted octanol–water partition coefficient (Wildman–Crippen LogP) is 1.72. The number of aromatic nitrogens is 2. The first-order valence-electron chi connectivity index (χ1n) is 5.37. The molecule has 0 saturated carbocycles. The zero-order valence-corrected chi connectivity index (χ0v) is 9.75. The zero-order chi connectivity index (χ0) is 12.3. The molecular formula is C12H14N2O3. The number of aliphatic hydroxyl groups excluding tert-OH is 1. The second-order valence-electron chi connectivity index (χ2n) is 3.51. The number of ether oxygens (including phenoxy) is 1. The van der Waals surface area contributed by atoms with Crippen molar-refractivity contribution in [3.8, 4) is 5.88 Å². The molecule has 1 atom stereocenters. The monoisotopic (exact) mass is 234 g/mol. The van der Waals surface area contributed by atoms with Crippen LogP contribution in [0.3, 0.4) is 0 Å². The van der Waals surface area contributed by atoms with Gasteiger partial charge in [0.2, 0.25) is 5.88 Å². The maximum atomic E-state index is 10.1. The molecule has 5 nitrogen and oxygen atoms in total. The molecule has 2 rings (SSSR count). The first-order valence-corrected chi connectivity index (χ1v) is 5.37. The van der Waals surface area contributed by atoms with Gasteiger partial charge in [0, 0.05) is 18.8 Å². The largest absolute Gasteiger partial charge is 0.480 e. The molecule has 0 aliphatic carbocycles. The zero-order valence-electron chi connectivity index (χ0n) is 9.75. The molecule has 0 aliphatic heterocycles. The van der Waals surface area contributed by atoms with Crippen molar-refractivity contribution < 1.29 is 14.3 Å². The fraction of sp³-hybridized carbons (Fsp3) is 0.333. The average Bonchev–Trinajstić information content (AvgIpc) is 2.86. The molecule has 2 heterocycles. The third-order valence-electron chi connectivity index (χ3n) is 2.44. The van der Waals surface area contributed by atoms with Gasteiger partial charge >= 0.3 is 0 Å². The SMILES string of the molecule is CCc1ccc(C(O)c2nccnc2OC)o1. The third kappa shape index (κ3) is 2.29. The van der Waals surface area contributed by atoms with E-state index in [4.69, 9.17) is 9.15 Å². The molecule has 5 heteroatoms. The van der Waals surface area contributed by atoms with Crippen LogP contribution in [0.2, 0.25) is 0 Å². The third-order valence-corrected chi connectivity index (χ3v) is 2.44. The highest BCUT2D eigenvalue weighted by molar-refractivity contribution is 5.26. The predicted molar refractivity (Wildman–Crippen MR) is 60.7 cm³/mol. The van der Waals surface area contributed by atoms with Gasteiger partial charge in [-0.2, -0.15) is 0 Å². The van der Waals surface area contributed by atoms with Crippen molar-refractivity contribution in [2.75, 3.05) is 7.11 Å². The topological polar surface area (TPSA) is 68.4 Å². The van der Waals surface area contributed by atoms with E-state index in [1.54, 1.807) is 6.07 Å². The van der Waals surface area contributed by atoms with Crippen LogP contribution in [-0.4, -0.2) is 22.2 Å². The van der Waals surface area contributed by atoms with Crippen molar-refractivity contribution in [3.05, 3.63) is 41.7 Å². The molecule has 17 heavy (non-hydrogen) atoms. The van der Waals surface area contributed by atoms with Crippen LogP contribution in [0.25, 0.3) is 0 Å². The number of aryl methyl sites for hydroxylation is 1. The van der Waals surface area contributed by atoms with Gasteiger partial charge in [0.05, 0.1) is 7.11 Å². The number of rotatable bonds is 4. The number of hydrogen-bond acceptors (Lipinski definition) is 5. The number of methoxy groups -OCH3 is 1. The summed E-state index contributed by atoms with van der Waals surface area (Å²) >= 11 is 0. The highest BCUT2D eigenvalue weighted by atomic mass is 16.5. The molecule has 0 radical (unpaired) electrons. The average molecular weight is 234 g/mol. The van der Waals surface area contributed by atoms with E-state index in [-0.39, 0.29) is 0 Å². The van der Waals surface area contributed by atoms with Crippen LogP contribution in [0, 0.1) is 0 Å². The van der Waals surface area contributed by atoms with Gasteiger partial charge in [-0.1, -0.05) is 6.92 Å². The van der Waals surface area contributed by atoms with Gasteiger partial charge in [-0.15, -0.1) is 0 Å². The number of nitrogens with zero attached hydrogens (tertiary/aromatic N) is 2. The standard InChI is InChI=1S/C12H14N2O3/c1-3-8-4-5-9(17-8)11(15)10-12(16-2)14-7-6-13-10/h4-7,11,15H,3H2,1-2H3. The van der Waals surface area contributed by atoms with E-state index in [1.807, 2.05) is 13.0 Å². The Kier molecular flexibility index (Phi) is 3.39. The molecular weight excluding hydrogens is 220 g/mol. The van der Waals surface area contributed by atoms with Gasteiger partial charge < -0.3 is 14.3 Å². The summed E-state index contributed by atoms with van der Waals surface area (Å²) in [5.74, 6) is 1.57. The molecule has 0 amide bonds. The molecule has 0 aromatic carbocycles. The van der Waals surface area contributed by atoms with E-state index in [0.717, 1.165) is 12.2 Å². The minimum absolute atomic E-state index is 0.300. The molecule has 90 valence electrons. The van der Waals surface area contributed by atoms with Gasteiger partial charge in [-0.05, 0) is 12.1 Å². The Bertz CT molecular complexity index is 496. The van der Waals surface area contributed by atoms with Crippen LogP contribution in [0.5, 0.6) is 5.88 Å². The second-order valence-corrected chi connectivity index (χ2v) is 3.51. The van der Waals surface area contributed by atoms with E-state index >= 15 is 0 Å². The maximum absolute atomic E-state index is 10.1. The van der Waals surface area contributed by atoms with Crippen molar-refractivity contribution in [1.29, 1.82) is 0 Å². The van der Waals surface area contributed by atoms with Gasteiger partial charge in [-0.3, -0.25) is 4.98 Å². The number of aliphatic hydroxyl groups is 1. The smallest absolute Gasteiger partial charge is 0.238 e. The first-order chi connectivity index (χ1) is 8.26. The fourth-order valence-corrected chi connectivity index (χ4v) is 1.55. The van der Waals surface area contributed by atoms with E-state index in [1.165, 1.54) is 19.5 Å². The first kappa shape index (κ1) is 11.6. The van der Waals surface area contributed by atoms with E-state index in [0.29, 0.717) is 17.3 Å². The fourth-order valence-electron chi connectivity index (χ4n) is 1.55. The quantitative estimate of drug-likeness (QED) is 0.872. The van der Waals surface area contributed by atoms with Crippen LogP contribution in [-0.2, 0) is 6.42 Å². The van der Waals surface area contributed by atoms with Crippen molar-refractivity contribution in [3.63, 3.8) is 0 Å². The molecule has 0 saturated heterocycles. The molecule has 0 bridgehead atoms. The lowest BCUT2D eigenvalue weighted by Crippen LogP contribution is -2.05. The molecule has 2 aromatic rings. The number of hydrogen-bond donors (Lipinski definition) is 1.